The summed E-state index contributed by atoms with van der Waals surface area (Å²) in [5.41, 5.74) is 1.08. The third kappa shape index (κ3) is 2.47. The van der Waals surface area contributed by atoms with Crippen LogP contribution in [0.25, 0.3) is 0 Å². The van der Waals surface area contributed by atoms with Crippen LogP contribution in [-0.2, 0) is 6.42 Å². The van der Waals surface area contributed by atoms with Crippen molar-refractivity contribution in [2.45, 2.75) is 6.42 Å². The fourth-order valence-corrected chi connectivity index (χ4v) is 1.58. The van der Waals surface area contributed by atoms with Gasteiger partial charge in [-0.05, 0) is 29.3 Å². The lowest BCUT2D eigenvalue weighted by Gasteiger charge is -2.05. The molecular formula is C13H11FO3. The molecule has 88 valence electrons. The standard InChI is InChI=1S/C13H11FO3/c14-11-7-10(15)3-2-9(11)5-8-1-4-12(16)13(17)6-8/h1-4,6-7,15-17H,5H2. The van der Waals surface area contributed by atoms with Crippen molar-refractivity contribution in [2.75, 3.05) is 0 Å². The molecule has 2 aromatic carbocycles. The Labute approximate surface area is 97.4 Å². The molecule has 0 spiro atoms. The molecular weight excluding hydrogens is 223 g/mol. The SMILES string of the molecule is Oc1ccc(Cc2ccc(O)c(O)c2)c(F)c1. The number of phenolic OH excluding ortho intramolecular Hbond substituents is 3. The van der Waals surface area contributed by atoms with Crippen molar-refractivity contribution in [3.8, 4) is 17.2 Å². The van der Waals surface area contributed by atoms with E-state index in [4.69, 9.17) is 10.2 Å². The van der Waals surface area contributed by atoms with Gasteiger partial charge in [0.1, 0.15) is 11.6 Å². The smallest absolute Gasteiger partial charge is 0.157 e. The van der Waals surface area contributed by atoms with E-state index in [1.54, 1.807) is 6.07 Å². The van der Waals surface area contributed by atoms with Crippen LogP contribution in [0.15, 0.2) is 36.4 Å². The van der Waals surface area contributed by atoms with E-state index in [9.17, 15) is 9.50 Å². The Balaban J connectivity index is 2.28. The predicted molar refractivity (Wildman–Crippen MR) is 60.6 cm³/mol. The molecule has 0 aliphatic rings. The maximum Gasteiger partial charge on any atom is 0.157 e. The zero-order chi connectivity index (χ0) is 12.4. The van der Waals surface area contributed by atoms with Crippen molar-refractivity contribution in [3.63, 3.8) is 0 Å². The number of aromatic hydroxyl groups is 3. The van der Waals surface area contributed by atoms with Crippen molar-refractivity contribution >= 4 is 0 Å². The average molecular weight is 234 g/mol. The minimum Gasteiger partial charge on any atom is -0.508 e. The van der Waals surface area contributed by atoms with Crippen LogP contribution in [0.5, 0.6) is 17.2 Å². The predicted octanol–water partition coefficient (Wildman–Crippen LogP) is 2.53. The van der Waals surface area contributed by atoms with Gasteiger partial charge < -0.3 is 15.3 Å². The van der Waals surface area contributed by atoms with Gasteiger partial charge in [-0.3, -0.25) is 0 Å². The Morgan fingerprint density at radius 1 is 0.882 bits per heavy atom. The van der Waals surface area contributed by atoms with Gasteiger partial charge in [0.15, 0.2) is 11.5 Å². The van der Waals surface area contributed by atoms with Gasteiger partial charge in [0, 0.05) is 12.5 Å². The number of hydrogen-bond donors (Lipinski definition) is 3. The van der Waals surface area contributed by atoms with E-state index in [0.717, 1.165) is 6.07 Å². The van der Waals surface area contributed by atoms with Crippen molar-refractivity contribution in [1.82, 2.24) is 0 Å². The summed E-state index contributed by atoms with van der Waals surface area (Å²) < 4.78 is 13.4. The lowest BCUT2D eigenvalue weighted by atomic mass is 10.0. The van der Waals surface area contributed by atoms with E-state index in [0.29, 0.717) is 11.1 Å². The molecule has 0 saturated carbocycles. The van der Waals surface area contributed by atoms with Crippen molar-refractivity contribution in [2.24, 2.45) is 0 Å². The third-order valence-electron chi connectivity index (χ3n) is 2.47. The molecule has 0 saturated heterocycles. The first-order valence-electron chi connectivity index (χ1n) is 5.04. The molecule has 0 amide bonds. The second-order valence-electron chi connectivity index (χ2n) is 3.78. The number of rotatable bonds is 2. The summed E-state index contributed by atoms with van der Waals surface area (Å²) in [6.07, 6.45) is 0.278. The van der Waals surface area contributed by atoms with Gasteiger partial charge in [-0.2, -0.15) is 0 Å². The van der Waals surface area contributed by atoms with Crippen LogP contribution in [0.2, 0.25) is 0 Å². The zero-order valence-electron chi connectivity index (χ0n) is 8.89. The van der Waals surface area contributed by atoms with Crippen molar-refractivity contribution in [3.05, 3.63) is 53.3 Å². The minimum absolute atomic E-state index is 0.125. The second-order valence-corrected chi connectivity index (χ2v) is 3.78. The van der Waals surface area contributed by atoms with Gasteiger partial charge >= 0.3 is 0 Å². The highest BCUT2D eigenvalue weighted by molar-refractivity contribution is 5.42. The molecule has 3 N–H and O–H groups in total. The topological polar surface area (TPSA) is 60.7 Å². The minimum atomic E-state index is -0.502. The lowest BCUT2D eigenvalue weighted by Crippen LogP contribution is -1.92. The summed E-state index contributed by atoms with van der Waals surface area (Å²) in [5, 5.41) is 27.5. The van der Waals surface area contributed by atoms with Crippen LogP contribution >= 0.6 is 0 Å². The molecule has 0 unspecified atom stereocenters. The monoisotopic (exact) mass is 234 g/mol. The molecule has 4 heteroatoms. The van der Waals surface area contributed by atoms with E-state index in [1.165, 1.54) is 24.3 Å². The summed E-state index contributed by atoms with van der Waals surface area (Å²) >= 11 is 0. The maximum absolute atomic E-state index is 13.4. The largest absolute Gasteiger partial charge is 0.508 e. The van der Waals surface area contributed by atoms with E-state index in [2.05, 4.69) is 0 Å². The molecule has 2 aromatic rings. The Morgan fingerprint density at radius 3 is 2.29 bits per heavy atom. The first kappa shape index (κ1) is 11.3. The van der Waals surface area contributed by atoms with Crippen LogP contribution in [0.1, 0.15) is 11.1 Å². The Kier molecular flexibility index (Phi) is 2.87. The molecule has 0 heterocycles. The zero-order valence-corrected chi connectivity index (χ0v) is 8.89. The summed E-state index contributed by atoms with van der Waals surface area (Å²) in [4.78, 5) is 0. The molecule has 0 radical (unpaired) electrons. The van der Waals surface area contributed by atoms with E-state index in [-0.39, 0.29) is 23.7 Å². The molecule has 0 bridgehead atoms. The van der Waals surface area contributed by atoms with Crippen molar-refractivity contribution in [1.29, 1.82) is 0 Å². The van der Waals surface area contributed by atoms with Gasteiger partial charge in [0.25, 0.3) is 0 Å². The van der Waals surface area contributed by atoms with Crippen LogP contribution in [0.4, 0.5) is 4.39 Å². The molecule has 0 aliphatic carbocycles. The number of hydrogen-bond acceptors (Lipinski definition) is 3. The van der Waals surface area contributed by atoms with Gasteiger partial charge in [0.2, 0.25) is 0 Å². The normalized spacial score (nSPS) is 10.4. The van der Waals surface area contributed by atoms with E-state index >= 15 is 0 Å². The quantitative estimate of drug-likeness (QED) is 0.700. The lowest BCUT2D eigenvalue weighted by molar-refractivity contribution is 0.403. The summed E-state index contributed by atoms with van der Waals surface area (Å²) in [5.74, 6) is -1.07. The fourth-order valence-electron chi connectivity index (χ4n) is 1.58. The number of halogens is 1. The molecule has 0 fully saturated rings. The van der Waals surface area contributed by atoms with E-state index < -0.39 is 5.82 Å². The van der Waals surface area contributed by atoms with Crippen LogP contribution < -0.4 is 0 Å². The molecule has 2 rings (SSSR count). The first-order chi connectivity index (χ1) is 8.06. The fraction of sp³-hybridized carbons (Fsp3) is 0.0769. The molecule has 17 heavy (non-hydrogen) atoms. The van der Waals surface area contributed by atoms with E-state index in [1.807, 2.05) is 0 Å². The molecule has 0 atom stereocenters. The van der Waals surface area contributed by atoms with Gasteiger partial charge in [-0.15, -0.1) is 0 Å². The third-order valence-corrected chi connectivity index (χ3v) is 2.47. The highest BCUT2D eigenvalue weighted by atomic mass is 19.1. The first-order valence-corrected chi connectivity index (χ1v) is 5.04. The van der Waals surface area contributed by atoms with Gasteiger partial charge in [-0.25, -0.2) is 4.39 Å². The molecule has 0 aromatic heterocycles. The maximum atomic E-state index is 13.4. The number of benzene rings is 2. The summed E-state index contributed by atoms with van der Waals surface area (Å²) in [6, 6.07) is 8.24. The van der Waals surface area contributed by atoms with Crippen LogP contribution in [-0.4, -0.2) is 15.3 Å². The highest BCUT2D eigenvalue weighted by Crippen LogP contribution is 2.26. The van der Waals surface area contributed by atoms with Gasteiger partial charge in [0.05, 0.1) is 0 Å². The summed E-state index contributed by atoms with van der Waals surface area (Å²) in [7, 11) is 0. The number of phenols is 3. The molecule has 0 aliphatic heterocycles. The Morgan fingerprint density at radius 2 is 1.65 bits per heavy atom. The molecule has 3 nitrogen and oxygen atoms in total. The summed E-state index contributed by atoms with van der Waals surface area (Å²) in [6.45, 7) is 0. The Hall–Kier alpha value is -2.23. The van der Waals surface area contributed by atoms with Gasteiger partial charge in [-0.1, -0.05) is 12.1 Å². The highest BCUT2D eigenvalue weighted by Gasteiger charge is 2.06. The van der Waals surface area contributed by atoms with Crippen molar-refractivity contribution < 1.29 is 19.7 Å². The second kappa shape index (κ2) is 4.33. The van der Waals surface area contributed by atoms with Crippen LogP contribution in [0.3, 0.4) is 0 Å². The van der Waals surface area contributed by atoms with Crippen LogP contribution in [0, 0.1) is 5.82 Å². The Bertz CT molecular complexity index is 552. The average Bonchev–Trinajstić information content (AvgIpc) is 2.27.